The normalized spacial score (nSPS) is 21.8. The number of hydrogen-bond donors (Lipinski definition) is 2. The van der Waals surface area contributed by atoms with E-state index in [9.17, 15) is 18.3 Å². The van der Waals surface area contributed by atoms with E-state index in [1.807, 2.05) is 0 Å². The van der Waals surface area contributed by atoms with Crippen molar-refractivity contribution in [1.29, 1.82) is 0 Å². The molecule has 21 heavy (non-hydrogen) atoms. The molecule has 0 atom stereocenters. The minimum absolute atomic E-state index is 0.0194. The number of carboxylic acid groups (broad SMARTS) is 1. The maximum Gasteiger partial charge on any atom is 0.335 e. The summed E-state index contributed by atoms with van der Waals surface area (Å²) in [4.78, 5) is 11.1. The fraction of sp³-hybridized carbons (Fsp3) is 0.500. The number of sulfonamides is 1. The minimum atomic E-state index is -3.74. The van der Waals surface area contributed by atoms with Gasteiger partial charge >= 0.3 is 5.97 Å². The second kappa shape index (κ2) is 4.53. The van der Waals surface area contributed by atoms with Crippen molar-refractivity contribution < 1.29 is 23.4 Å². The van der Waals surface area contributed by atoms with Crippen LogP contribution in [-0.2, 0) is 10.0 Å². The molecule has 1 aliphatic carbocycles. The van der Waals surface area contributed by atoms with Crippen LogP contribution in [0, 0.1) is 12.8 Å². The summed E-state index contributed by atoms with van der Waals surface area (Å²) >= 11 is 0. The Morgan fingerprint density at radius 3 is 2.48 bits per heavy atom. The van der Waals surface area contributed by atoms with Crippen LogP contribution in [0.3, 0.4) is 0 Å². The molecule has 1 saturated carbocycles. The van der Waals surface area contributed by atoms with Gasteiger partial charge in [-0.2, -0.15) is 4.31 Å². The summed E-state index contributed by atoms with van der Waals surface area (Å²) in [6.45, 7) is 1.81. The SMILES string of the molecule is Cc1ccc(S(=O)(=O)N2CC(O)(C3CC3)C2)cc1C(=O)O. The first-order valence-electron chi connectivity index (χ1n) is 6.80. The van der Waals surface area contributed by atoms with Gasteiger partial charge < -0.3 is 10.2 Å². The van der Waals surface area contributed by atoms with Crippen LogP contribution in [0.5, 0.6) is 0 Å². The smallest absolute Gasteiger partial charge is 0.335 e. The number of nitrogens with zero attached hydrogens (tertiary/aromatic N) is 1. The highest BCUT2D eigenvalue weighted by molar-refractivity contribution is 7.89. The molecule has 6 nitrogen and oxygen atoms in total. The van der Waals surface area contributed by atoms with Crippen molar-refractivity contribution in [2.75, 3.05) is 13.1 Å². The van der Waals surface area contributed by atoms with Crippen LogP contribution >= 0.6 is 0 Å². The highest BCUT2D eigenvalue weighted by Gasteiger charge is 2.55. The second-order valence-corrected chi connectivity index (χ2v) is 7.87. The van der Waals surface area contributed by atoms with Crippen LogP contribution in [-0.4, -0.2) is 47.6 Å². The second-order valence-electron chi connectivity index (χ2n) is 5.93. The molecular formula is C14H17NO5S. The maximum atomic E-state index is 12.5. The van der Waals surface area contributed by atoms with E-state index in [1.54, 1.807) is 6.92 Å². The van der Waals surface area contributed by atoms with Gasteiger partial charge in [-0.15, -0.1) is 0 Å². The molecule has 1 heterocycles. The van der Waals surface area contributed by atoms with E-state index in [0.717, 1.165) is 12.8 Å². The third-order valence-corrected chi connectivity index (χ3v) is 6.10. The molecule has 2 fully saturated rings. The van der Waals surface area contributed by atoms with E-state index < -0.39 is 21.6 Å². The lowest BCUT2D eigenvalue weighted by molar-refractivity contribution is -0.0764. The predicted octanol–water partition coefficient (Wildman–Crippen LogP) is 0.839. The van der Waals surface area contributed by atoms with Gasteiger partial charge in [0, 0.05) is 13.1 Å². The van der Waals surface area contributed by atoms with Gasteiger partial charge in [0.2, 0.25) is 10.0 Å². The molecule has 0 spiro atoms. The average Bonchev–Trinajstić information content (AvgIpc) is 3.19. The Kier molecular flexibility index (Phi) is 3.12. The van der Waals surface area contributed by atoms with Crippen LogP contribution in [0.15, 0.2) is 23.1 Å². The Labute approximate surface area is 123 Å². The zero-order valence-corrected chi connectivity index (χ0v) is 12.4. The van der Waals surface area contributed by atoms with Crippen molar-refractivity contribution in [2.24, 2.45) is 5.92 Å². The molecule has 1 aromatic carbocycles. The predicted molar refractivity (Wildman–Crippen MR) is 74.6 cm³/mol. The molecule has 7 heteroatoms. The van der Waals surface area contributed by atoms with Gasteiger partial charge in [-0.25, -0.2) is 13.2 Å². The van der Waals surface area contributed by atoms with Crippen molar-refractivity contribution >= 4 is 16.0 Å². The quantitative estimate of drug-likeness (QED) is 0.859. The Morgan fingerprint density at radius 1 is 1.33 bits per heavy atom. The number of benzene rings is 1. The first-order chi connectivity index (χ1) is 9.74. The van der Waals surface area contributed by atoms with Gasteiger partial charge in [0.15, 0.2) is 0 Å². The molecule has 1 saturated heterocycles. The molecule has 0 radical (unpaired) electrons. The van der Waals surface area contributed by atoms with Crippen molar-refractivity contribution in [3.63, 3.8) is 0 Å². The summed E-state index contributed by atoms with van der Waals surface area (Å²) in [6, 6.07) is 4.08. The summed E-state index contributed by atoms with van der Waals surface area (Å²) in [7, 11) is -3.74. The Bertz CT molecular complexity index is 702. The van der Waals surface area contributed by atoms with Gasteiger partial charge in [0.25, 0.3) is 0 Å². The van der Waals surface area contributed by atoms with E-state index in [1.165, 1.54) is 22.5 Å². The first kappa shape index (κ1) is 14.5. The fourth-order valence-electron chi connectivity index (χ4n) is 2.75. The number of β-amino-alcohol motifs (C(OH)–C–C–N with tert-alkyl or cyclic N) is 1. The molecule has 1 aromatic rings. The molecule has 2 N–H and O–H groups in total. The number of carbonyl (C=O) groups is 1. The molecular weight excluding hydrogens is 294 g/mol. The van der Waals surface area contributed by atoms with Crippen LogP contribution in [0.4, 0.5) is 0 Å². The summed E-state index contributed by atoms with van der Waals surface area (Å²) in [6.07, 6.45) is 1.89. The van der Waals surface area contributed by atoms with Gasteiger partial charge in [-0.3, -0.25) is 0 Å². The highest BCUT2D eigenvalue weighted by Crippen LogP contribution is 2.45. The molecule has 1 aliphatic heterocycles. The summed E-state index contributed by atoms with van der Waals surface area (Å²) in [5.74, 6) is -0.945. The van der Waals surface area contributed by atoms with Gasteiger partial charge in [-0.05, 0) is 43.4 Å². The molecule has 0 amide bonds. The Morgan fingerprint density at radius 2 is 1.95 bits per heavy atom. The molecule has 114 valence electrons. The first-order valence-corrected chi connectivity index (χ1v) is 8.24. The van der Waals surface area contributed by atoms with Gasteiger partial charge in [-0.1, -0.05) is 6.07 Å². The van der Waals surface area contributed by atoms with Gasteiger partial charge in [0.05, 0.1) is 16.1 Å². The number of carboxylic acids is 1. The molecule has 2 aliphatic rings. The minimum Gasteiger partial charge on any atom is -0.478 e. The molecule has 3 rings (SSSR count). The summed E-state index contributed by atoms with van der Waals surface area (Å²) in [5.41, 5.74) is -0.401. The lowest BCUT2D eigenvalue weighted by Gasteiger charge is -2.45. The van der Waals surface area contributed by atoms with Crippen LogP contribution in [0.25, 0.3) is 0 Å². The largest absolute Gasteiger partial charge is 0.478 e. The third-order valence-electron chi connectivity index (χ3n) is 4.31. The van der Waals surface area contributed by atoms with Crippen LogP contribution in [0.1, 0.15) is 28.8 Å². The lowest BCUT2D eigenvalue weighted by atomic mass is 9.91. The Balaban J connectivity index is 1.86. The van der Waals surface area contributed by atoms with E-state index in [-0.39, 0.29) is 29.5 Å². The van der Waals surface area contributed by atoms with Gasteiger partial charge in [0.1, 0.15) is 0 Å². The van der Waals surface area contributed by atoms with Crippen molar-refractivity contribution in [3.05, 3.63) is 29.3 Å². The number of aromatic carboxylic acids is 1. The van der Waals surface area contributed by atoms with E-state index in [0.29, 0.717) is 5.56 Å². The molecule has 0 unspecified atom stereocenters. The van der Waals surface area contributed by atoms with E-state index in [2.05, 4.69) is 0 Å². The third kappa shape index (κ3) is 2.35. The standard InChI is InChI=1S/C14H17NO5S/c1-9-2-5-11(6-12(9)13(16)17)21(19,20)15-7-14(18,8-15)10-3-4-10/h2,5-6,10,18H,3-4,7-8H2,1H3,(H,16,17). The average molecular weight is 311 g/mol. The fourth-order valence-corrected chi connectivity index (χ4v) is 4.35. The molecule has 0 bridgehead atoms. The monoisotopic (exact) mass is 311 g/mol. The van der Waals surface area contributed by atoms with Crippen molar-refractivity contribution in [1.82, 2.24) is 4.31 Å². The van der Waals surface area contributed by atoms with Crippen LogP contribution < -0.4 is 0 Å². The topological polar surface area (TPSA) is 94.9 Å². The summed E-state index contributed by atoms with van der Waals surface area (Å²) in [5, 5.41) is 19.3. The zero-order chi connectivity index (χ0) is 15.4. The summed E-state index contributed by atoms with van der Waals surface area (Å²) < 4.78 is 26.1. The number of rotatable bonds is 4. The van der Waals surface area contributed by atoms with E-state index in [4.69, 9.17) is 5.11 Å². The number of aryl methyl sites for hydroxylation is 1. The zero-order valence-electron chi connectivity index (χ0n) is 11.6. The Hall–Kier alpha value is -1.44. The number of aliphatic hydroxyl groups is 1. The lowest BCUT2D eigenvalue weighted by Crippen LogP contribution is -2.64. The molecule has 0 aromatic heterocycles. The maximum absolute atomic E-state index is 12.5. The van der Waals surface area contributed by atoms with Crippen LogP contribution in [0.2, 0.25) is 0 Å². The highest BCUT2D eigenvalue weighted by atomic mass is 32.2. The number of hydrogen-bond acceptors (Lipinski definition) is 4. The van der Waals surface area contributed by atoms with Crippen molar-refractivity contribution in [3.8, 4) is 0 Å². The van der Waals surface area contributed by atoms with Crippen molar-refractivity contribution in [2.45, 2.75) is 30.3 Å². The van der Waals surface area contributed by atoms with E-state index >= 15 is 0 Å².